The van der Waals surface area contributed by atoms with Gasteiger partial charge in [0.05, 0.1) is 6.54 Å². The molecule has 0 fully saturated rings. The smallest absolute Gasteiger partial charge is 0.326 e. The van der Waals surface area contributed by atoms with E-state index in [1.54, 1.807) is 0 Å². The van der Waals surface area contributed by atoms with Crippen molar-refractivity contribution in [3.05, 3.63) is 35.9 Å². The Hall–Kier alpha value is -1.88. The lowest BCUT2D eigenvalue weighted by Crippen LogP contribution is -2.44. The fourth-order valence-corrected chi connectivity index (χ4v) is 1.30. The Labute approximate surface area is 113 Å². The third kappa shape index (κ3) is 7.94. The highest BCUT2D eigenvalue weighted by Crippen LogP contribution is 2.03. The Balaban J connectivity index is 0.000000982. The highest BCUT2D eigenvalue weighted by atomic mass is 16.4. The minimum Gasteiger partial charge on any atom is -0.480 e. The number of nitrogens with two attached hydrogens (primary N) is 1. The Morgan fingerprint density at radius 2 is 1.79 bits per heavy atom. The summed E-state index contributed by atoms with van der Waals surface area (Å²) in [5.74, 6) is -1.53. The second-order valence-corrected chi connectivity index (χ2v) is 4.06. The molecule has 106 valence electrons. The summed E-state index contributed by atoms with van der Waals surface area (Å²) in [6, 6.07) is 8.17. The van der Waals surface area contributed by atoms with Crippen molar-refractivity contribution in [2.75, 3.05) is 6.54 Å². The van der Waals surface area contributed by atoms with Crippen LogP contribution in [0.3, 0.4) is 0 Å². The summed E-state index contributed by atoms with van der Waals surface area (Å²) in [4.78, 5) is 21.9. The van der Waals surface area contributed by atoms with Gasteiger partial charge in [-0.2, -0.15) is 0 Å². The summed E-state index contributed by atoms with van der Waals surface area (Å²) < 4.78 is 0. The van der Waals surface area contributed by atoms with E-state index in [1.807, 2.05) is 30.3 Å². The lowest BCUT2D eigenvalue weighted by atomic mass is 10.1. The highest BCUT2D eigenvalue weighted by molar-refractivity contribution is 5.84. The third-order valence-electron chi connectivity index (χ3n) is 2.10. The number of nitrogens with one attached hydrogen (secondary N) is 1. The topological polar surface area (TPSA) is 92.4 Å². The van der Waals surface area contributed by atoms with Gasteiger partial charge in [-0.3, -0.25) is 4.79 Å². The predicted octanol–water partition coefficient (Wildman–Crippen LogP) is 1.17. The van der Waals surface area contributed by atoms with Gasteiger partial charge in [-0.25, -0.2) is 4.79 Å². The molecule has 0 aromatic heterocycles. The van der Waals surface area contributed by atoms with E-state index in [0.29, 0.717) is 0 Å². The van der Waals surface area contributed by atoms with Gasteiger partial charge < -0.3 is 16.2 Å². The van der Waals surface area contributed by atoms with Crippen LogP contribution in [0.25, 0.3) is 0 Å². The number of benzene rings is 1. The van der Waals surface area contributed by atoms with Gasteiger partial charge in [0.15, 0.2) is 0 Å². The van der Waals surface area contributed by atoms with Gasteiger partial charge >= 0.3 is 5.97 Å². The summed E-state index contributed by atoms with van der Waals surface area (Å²) in [6.07, 6.45) is 1.50. The van der Waals surface area contributed by atoms with Gasteiger partial charge in [-0.1, -0.05) is 50.6 Å². The van der Waals surface area contributed by atoms with E-state index in [0.717, 1.165) is 5.56 Å². The van der Waals surface area contributed by atoms with Crippen LogP contribution in [0.1, 0.15) is 25.8 Å². The fraction of sp³-hybridized carbons (Fsp3) is 0.429. The maximum Gasteiger partial charge on any atom is 0.326 e. The number of carboxylic acid groups (broad SMARTS) is 1. The second kappa shape index (κ2) is 10.1. The average molecular weight is 266 g/mol. The molecule has 0 saturated carbocycles. The number of aliphatic carboxylic acids is 1. The maximum absolute atomic E-state index is 11.0. The molecule has 0 aliphatic rings. The van der Waals surface area contributed by atoms with Crippen LogP contribution in [0, 0.1) is 0 Å². The standard InChI is InChI=1S/C11H14N2O3.C3H8/c12-7-10(14)13-9(11(15)16)6-8-4-2-1-3-5-8;1-3-2/h1-5,9H,6-7,12H2,(H,13,14)(H,15,16);3H2,1-2H3/t9-;/m0./s1. The number of carboxylic acids is 1. The maximum atomic E-state index is 11.0. The van der Waals surface area contributed by atoms with Crippen molar-refractivity contribution in [2.24, 2.45) is 5.73 Å². The van der Waals surface area contributed by atoms with Crippen LogP contribution >= 0.6 is 0 Å². The molecular weight excluding hydrogens is 244 g/mol. The van der Waals surface area contributed by atoms with E-state index >= 15 is 0 Å². The molecule has 0 saturated heterocycles. The van der Waals surface area contributed by atoms with E-state index in [2.05, 4.69) is 19.2 Å². The van der Waals surface area contributed by atoms with Crippen LogP contribution in [0.4, 0.5) is 0 Å². The van der Waals surface area contributed by atoms with Crippen LogP contribution in [0.2, 0.25) is 0 Å². The zero-order valence-corrected chi connectivity index (χ0v) is 11.4. The highest BCUT2D eigenvalue weighted by Gasteiger charge is 2.19. The van der Waals surface area contributed by atoms with Gasteiger partial charge in [-0.15, -0.1) is 0 Å². The summed E-state index contributed by atoms with van der Waals surface area (Å²) in [5.41, 5.74) is 5.96. The molecule has 5 heteroatoms. The van der Waals surface area contributed by atoms with E-state index in [9.17, 15) is 9.59 Å². The molecule has 19 heavy (non-hydrogen) atoms. The first kappa shape index (κ1) is 17.1. The van der Waals surface area contributed by atoms with E-state index < -0.39 is 17.9 Å². The van der Waals surface area contributed by atoms with Crippen LogP contribution in [-0.2, 0) is 16.0 Å². The van der Waals surface area contributed by atoms with Crippen molar-refractivity contribution in [1.82, 2.24) is 5.32 Å². The number of amides is 1. The van der Waals surface area contributed by atoms with Crippen molar-refractivity contribution < 1.29 is 14.7 Å². The van der Waals surface area contributed by atoms with Crippen LogP contribution < -0.4 is 11.1 Å². The molecule has 1 atom stereocenters. The molecule has 0 unspecified atom stereocenters. The van der Waals surface area contributed by atoms with Crippen molar-refractivity contribution >= 4 is 11.9 Å². The molecule has 0 aliphatic carbocycles. The monoisotopic (exact) mass is 266 g/mol. The van der Waals surface area contributed by atoms with Gasteiger partial charge in [0.25, 0.3) is 0 Å². The Morgan fingerprint density at radius 3 is 2.21 bits per heavy atom. The van der Waals surface area contributed by atoms with E-state index in [-0.39, 0.29) is 13.0 Å². The number of hydrogen-bond donors (Lipinski definition) is 3. The molecule has 0 aliphatic heterocycles. The Morgan fingerprint density at radius 1 is 1.26 bits per heavy atom. The van der Waals surface area contributed by atoms with Gasteiger partial charge in [-0.05, 0) is 5.56 Å². The Kier molecular flexibility index (Phi) is 9.08. The zero-order valence-electron chi connectivity index (χ0n) is 11.4. The molecule has 1 aromatic rings. The first-order chi connectivity index (χ1) is 9.04. The average Bonchev–Trinajstić information content (AvgIpc) is 2.39. The summed E-state index contributed by atoms with van der Waals surface area (Å²) in [7, 11) is 0. The van der Waals surface area contributed by atoms with E-state index in [1.165, 1.54) is 6.42 Å². The minimum atomic E-state index is -1.06. The molecular formula is C14H22N2O3. The van der Waals surface area contributed by atoms with Crippen molar-refractivity contribution in [1.29, 1.82) is 0 Å². The molecule has 1 amide bonds. The second-order valence-electron chi connectivity index (χ2n) is 4.06. The predicted molar refractivity (Wildman–Crippen MR) is 74.7 cm³/mol. The number of hydrogen-bond acceptors (Lipinski definition) is 3. The molecule has 0 radical (unpaired) electrons. The van der Waals surface area contributed by atoms with Gasteiger partial charge in [0.1, 0.15) is 6.04 Å². The number of carbonyl (C=O) groups is 2. The van der Waals surface area contributed by atoms with Gasteiger partial charge in [0.2, 0.25) is 5.91 Å². The number of rotatable bonds is 5. The lowest BCUT2D eigenvalue weighted by Gasteiger charge is -2.13. The molecule has 5 nitrogen and oxygen atoms in total. The summed E-state index contributed by atoms with van der Waals surface area (Å²) in [5, 5.41) is 11.3. The number of carbonyl (C=O) groups excluding carboxylic acids is 1. The minimum absolute atomic E-state index is 0.210. The summed E-state index contributed by atoms with van der Waals surface area (Å²) >= 11 is 0. The lowest BCUT2D eigenvalue weighted by molar-refractivity contribution is -0.141. The van der Waals surface area contributed by atoms with Crippen LogP contribution in [0.15, 0.2) is 30.3 Å². The summed E-state index contributed by atoms with van der Waals surface area (Å²) in [6.45, 7) is 4.04. The Bertz CT molecular complexity index is 380. The van der Waals surface area contributed by atoms with Gasteiger partial charge in [0, 0.05) is 6.42 Å². The van der Waals surface area contributed by atoms with Crippen molar-refractivity contribution in [3.8, 4) is 0 Å². The van der Waals surface area contributed by atoms with Crippen LogP contribution in [0.5, 0.6) is 0 Å². The van der Waals surface area contributed by atoms with Crippen molar-refractivity contribution in [3.63, 3.8) is 0 Å². The zero-order chi connectivity index (χ0) is 14.7. The molecule has 0 heterocycles. The first-order valence-electron chi connectivity index (χ1n) is 6.31. The normalized spacial score (nSPS) is 10.9. The van der Waals surface area contributed by atoms with E-state index in [4.69, 9.17) is 10.8 Å². The molecule has 0 bridgehead atoms. The van der Waals surface area contributed by atoms with Crippen molar-refractivity contribution in [2.45, 2.75) is 32.7 Å². The molecule has 0 spiro atoms. The quantitative estimate of drug-likeness (QED) is 0.746. The fourth-order valence-electron chi connectivity index (χ4n) is 1.30. The molecule has 1 rings (SSSR count). The first-order valence-corrected chi connectivity index (χ1v) is 6.31. The molecule has 4 N–H and O–H groups in total. The largest absolute Gasteiger partial charge is 0.480 e. The molecule has 1 aromatic carbocycles. The SMILES string of the molecule is CCC.NCC(=O)N[C@@H](Cc1ccccc1)C(=O)O. The third-order valence-corrected chi connectivity index (χ3v) is 2.10. The van der Waals surface area contributed by atoms with Crippen LogP contribution in [-0.4, -0.2) is 29.6 Å².